The number of carbonyl (C=O) groups is 3. The Hall–Kier alpha value is -3.26. The van der Waals surface area contributed by atoms with E-state index in [0.29, 0.717) is 11.1 Å². The van der Waals surface area contributed by atoms with Gasteiger partial charge in [-0.1, -0.05) is 17.7 Å². The molecule has 28 heavy (non-hydrogen) atoms. The van der Waals surface area contributed by atoms with Crippen LogP contribution in [0.5, 0.6) is 0 Å². The number of nitrogens with one attached hydrogen (secondary N) is 1. The number of hydrogen-bond acceptors (Lipinski definition) is 5. The Kier molecular flexibility index (Phi) is 6.00. The number of rotatable bonds is 5. The zero-order valence-electron chi connectivity index (χ0n) is 15.7. The summed E-state index contributed by atoms with van der Waals surface area (Å²) in [7, 11) is 0. The lowest BCUT2D eigenvalue weighted by Gasteiger charge is -2.29. The minimum Gasteiger partial charge on any atom is -0.351 e. The van der Waals surface area contributed by atoms with Crippen LogP contribution < -0.4 is 11.1 Å². The lowest BCUT2D eigenvalue weighted by atomic mass is 10.1. The molecular weight excluding hydrogens is 358 g/mol. The average molecular weight is 381 g/mol. The number of pyridine rings is 1. The highest BCUT2D eigenvalue weighted by molar-refractivity contribution is 6.02. The number of aromatic nitrogens is 1. The highest BCUT2D eigenvalue weighted by Gasteiger charge is 2.43. The first-order chi connectivity index (χ1) is 13.5. The van der Waals surface area contributed by atoms with Crippen LogP contribution in [0.1, 0.15) is 26.3 Å². The van der Waals surface area contributed by atoms with Gasteiger partial charge in [-0.2, -0.15) is 0 Å². The third kappa shape index (κ3) is 4.01. The van der Waals surface area contributed by atoms with Gasteiger partial charge < -0.3 is 20.9 Å². The number of aryl methyl sites for hydroxylation is 1. The molecule has 1 aromatic heterocycles. The molecule has 0 aliphatic carbocycles. The summed E-state index contributed by atoms with van der Waals surface area (Å²) >= 11 is 0. The van der Waals surface area contributed by atoms with Crippen molar-refractivity contribution in [3.05, 3.63) is 65.5 Å². The topological polar surface area (TPSA) is 109 Å². The molecule has 1 atom stereocenters. The molecule has 1 aliphatic rings. The molecule has 146 valence electrons. The van der Waals surface area contributed by atoms with E-state index in [0.717, 1.165) is 5.56 Å². The van der Waals surface area contributed by atoms with Crippen LogP contribution in [0.4, 0.5) is 0 Å². The molecule has 2 aromatic rings. The van der Waals surface area contributed by atoms with Gasteiger partial charge in [-0.3, -0.25) is 19.4 Å². The number of nitrogens with zero attached hydrogens (tertiary/aromatic N) is 3. The summed E-state index contributed by atoms with van der Waals surface area (Å²) in [5, 5.41) is 2.69. The van der Waals surface area contributed by atoms with Crippen LogP contribution in [-0.4, -0.2) is 64.9 Å². The zero-order valence-corrected chi connectivity index (χ0v) is 15.7. The SMILES string of the molecule is Cc1cccc(C(=O)N2CCN(C(=O)c3cccnc3)C2C(=O)NCCN)c1. The van der Waals surface area contributed by atoms with Gasteiger partial charge in [-0.05, 0) is 31.2 Å². The van der Waals surface area contributed by atoms with E-state index in [1.54, 1.807) is 36.5 Å². The first-order valence-corrected chi connectivity index (χ1v) is 9.09. The van der Waals surface area contributed by atoms with Crippen LogP contribution >= 0.6 is 0 Å². The number of amides is 3. The normalized spacial score (nSPS) is 16.1. The van der Waals surface area contributed by atoms with Crippen LogP contribution in [0, 0.1) is 6.92 Å². The van der Waals surface area contributed by atoms with E-state index in [4.69, 9.17) is 5.73 Å². The van der Waals surface area contributed by atoms with Crippen molar-refractivity contribution >= 4 is 17.7 Å². The molecule has 1 aliphatic heterocycles. The van der Waals surface area contributed by atoms with Crippen LogP contribution in [0.2, 0.25) is 0 Å². The maximum Gasteiger partial charge on any atom is 0.263 e. The maximum absolute atomic E-state index is 13.1. The number of hydrogen-bond donors (Lipinski definition) is 2. The van der Waals surface area contributed by atoms with Crippen LogP contribution in [-0.2, 0) is 4.79 Å². The van der Waals surface area contributed by atoms with E-state index in [1.165, 1.54) is 16.0 Å². The van der Waals surface area contributed by atoms with Crippen molar-refractivity contribution in [1.82, 2.24) is 20.1 Å². The smallest absolute Gasteiger partial charge is 0.263 e. The van der Waals surface area contributed by atoms with Crippen molar-refractivity contribution in [2.45, 2.75) is 13.1 Å². The first kappa shape index (κ1) is 19.5. The Bertz CT molecular complexity index is 871. The highest BCUT2D eigenvalue weighted by atomic mass is 16.2. The second-order valence-corrected chi connectivity index (χ2v) is 6.56. The Morgan fingerprint density at radius 2 is 1.79 bits per heavy atom. The molecule has 0 saturated carbocycles. The molecule has 1 unspecified atom stereocenters. The molecule has 0 spiro atoms. The molecule has 0 bridgehead atoms. The summed E-state index contributed by atoms with van der Waals surface area (Å²) in [6.07, 6.45) is 1.98. The van der Waals surface area contributed by atoms with Gasteiger partial charge in [0.05, 0.1) is 5.56 Å². The Morgan fingerprint density at radius 3 is 2.39 bits per heavy atom. The standard InChI is InChI=1S/C20H23N5O3/c1-14-4-2-5-15(12-14)19(27)24-10-11-25(18(24)17(26)23-9-7-21)20(28)16-6-3-8-22-13-16/h2-6,8,12-13,18H,7,9-11,21H2,1H3,(H,23,26). The third-order valence-corrected chi connectivity index (χ3v) is 4.55. The van der Waals surface area contributed by atoms with E-state index < -0.39 is 12.1 Å². The predicted molar refractivity (Wildman–Crippen MR) is 103 cm³/mol. The quantitative estimate of drug-likeness (QED) is 0.779. The van der Waals surface area contributed by atoms with Gasteiger partial charge in [0.25, 0.3) is 17.7 Å². The summed E-state index contributed by atoms with van der Waals surface area (Å²) in [6, 6.07) is 10.4. The average Bonchev–Trinajstić information content (AvgIpc) is 3.16. The largest absolute Gasteiger partial charge is 0.351 e. The third-order valence-electron chi connectivity index (χ3n) is 4.55. The molecule has 1 fully saturated rings. The van der Waals surface area contributed by atoms with Gasteiger partial charge in [0.1, 0.15) is 0 Å². The van der Waals surface area contributed by atoms with Gasteiger partial charge in [0, 0.05) is 44.1 Å². The highest BCUT2D eigenvalue weighted by Crippen LogP contribution is 2.21. The zero-order chi connectivity index (χ0) is 20.1. The van der Waals surface area contributed by atoms with Crippen LogP contribution in [0.25, 0.3) is 0 Å². The molecular formula is C20H23N5O3. The molecule has 8 nitrogen and oxygen atoms in total. The number of carbonyl (C=O) groups excluding carboxylic acids is 3. The van der Waals surface area contributed by atoms with Gasteiger partial charge >= 0.3 is 0 Å². The molecule has 1 aromatic carbocycles. The summed E-state index contributed by atoms with van der Waals surface area (Å²) in [5.74, 6) is -1.07. The first-order valence-electron chi connectivity index (χ1n) is 9.09. The fraction of sp³-hybridized carbons (Fsp3) is 0.300. The molecule has 3 amide bonds. The Morgan fingerprint density at radius 1 is 1.11 bits per heavy atom. The van der Waals surface area contributed by atoms with E-state index >= 15 is 0 Å². The lowest BCUT2D eigenvalue weighted by Crippen LogP contribution is -2.54. The lowest BCUT2D eigenvalue weighted by molar-refractivity contribution is -0.128. The van der Waals surface area contributed by atoms with E-state index in [9.17, 15) is 14.4 Å². The van der Waals surface area contributed by atoms with Gasteiger partial charge in [0.15, 0.2) is 6.17 Å². The van der Waals surface area contributed by atoms with E-state index in [2.05, 4.69) is 10.3 Å². The Labute approximate surface area is 163 Å². The molecule has 0 radical (unpaired) electrons. The Balaban J connectivity index is 1.90. The van der Waals surface area contributed by atoms with Crippen LogP contribution in [0.15, 0.2) is 48.8 Å². The minimum absolute atomic E-state index is 0.256. The van der Waals surface area contributed by atoms with Crippen LogP contribution in [0.3, 0.4) is 0 Å². The number of benzene rings is 1. The number of nitrogens with two attached hydrogens (primary N) is 1. The van der Waals surface area contributed by atoms with Gasteiger partial charge in [-0.25, -0.2) is 0 Å². The molecule has 3 N–H and O–H groups in total. The molecule has 2 heterocycles. The summed E-state index contributed by atoms with van der Waals surface area (Å²) in [4.78, 5) is 45.6. The fourth-order valence-electron chi connectivity index (χ4n) is 3.22. The molecule has 1 saturated heterocycles. The van der Waals surface area contributed by atoms with Gasteiger partial charge in [0.2, 0.25) is 0 Å². The van der Waals surface area contributed by atoms with Crippen molar-refractivity contribution in [2.75, 3.05) is 26.2 Å². The van der Waals surface area contributed by atoms with E-state index in [1.807, 2.05) is 13.0 Å². The second kappa shape index (κ2) is 8.62. The van der Waals surface area contributed by atoms with Crippen molar-refractivity contribution in [3.63, 3.8) is 0 Å². The summed E-state index contributed by atoms with van der Waals surface area (Å²) in [5.41, 5.74) is 7.26. The molecule has 8 heteroatoms. The van der Waals surface area contributed by atoms with Crippen molar-refractivity contribution in [1.29, 1.82) is 0 Å². The van der Waals surface area contributed by atoms with E-state index in [-0.39, 0.29) is 38.0 Å². The summed E-state index contributed by atoms with van der Waals surface area (Å²) in [6.45, 7) is 2.94. The fourth-order valence-corrected chi connectivity index (χ4v) is 3.22. The summed E-state index contributed by atoms with van der Waals surface area (Å²) < 4.78 is 0. The van der Waals surface area contributed by atoms with Crippen molar-refractivity contribution in [3.8, 4) is 0 Å². The monoisotopic (exact) mass is 381 g/mol. The predicted octanol–water partition coefficient (Wildman–Crippen LogP) is 0.389. The van der Waals surface area contributed by atoms with Crippen molar-refractivity contribution < 1.29 is 14.4 Å². The molecule has 3 rings (SSSR count). The van der Waals surface area contributed by atoms with Crippen molar-refractivity contribution in [2.24, 2.45) is 5.73 Å². The second-order valence-electron chi connectivity index (χ2n) is 6.56. The minimum atomic E-state index is -1.03. The van der Waals surface area contributed by atoms with Gasteiger partial charge in [-0.15, -0.1) is 0 Å². The maximum atomic E-state index is 13.1.